The van der Waals surface area contributed by atoms with E-state index in [0.29, 0.717) is 13.0 Å². The molecule has 2 rings (SSSR count). The summed E-state index contributed by atoms with van der Waals surface area (Å²) in [6, 6.07) is 5.64. The van der Waals surface area contributed by atoms with Crippen molar-refractivity contribution in [3.8, 4) is 5.75 Å². The van der Waals surface area contributed by atoms with E-state index in [1.165, 1.54) is 0 Å². The fourth-order valence-corrected chi connectivity index (χ4v) is 1.77. The molecule has 0 bridgehead atoms. The Balaban J connectivity index is 2.33. The van der Waals surface area contributed by atoms with Gasteiger partial charge in [-0.2, -0.15) is 0 Å². The molecule has 0 aromatic heterocycles. The zero-order valence-electron chi connectivity index (χ0n) is 8.62. The molecule has 1 aliphatic rings. The van der Waals surface area contributed by atoms with Crippen LogP contribution >= 0.6 is 0 Å². The van der Waals surface area contributed by atoms with Gasteiger partial charge in [-0.15, -0.1) is 0 Å². The lowest BCUT2D eigenvalue weighted by atomic mass is 9.93. The summed E-state index contributed by atoms with van der Waals surface area (Å²) in [7, 11) is 1.63. The van der Waals surface area contributed by atoms with Gasteiger partial charge >= 0.3 is 0 Å². The maximum absolute atomic E-state index is 11.5. The molecule has 0 radical (unpaired) electrons. The molecule has 0 unspecified atom stereocenters. The largest absolute Gasteiger partial charge is 0.497 e. The Morgan fingerprint density at radius 3 is 3.07 bits per heavy atom. The molecule has 0 spiro atoms. The zero-order valence-corrected chi connectivity index (χ0v) is 8.62. The number of hydrogen-bond donors (Lipinski definition) is 2. The Hall–Kier alpha value is -1.55. The molecule has 4 heteroatoms. The highest BCUT2D eigenvalue weighted by molar-refractivity contribution is 5.96. The molecular weight excluding hydrogens is 192 g/mol. The lowest BCUT2D eigenvalue weighted by Gasteiger charge is -2.23. The number of hydrogen-bond acceptors (Lipinski definition) is 3. The molecule has 80 valence electrons. The minimum absolute atomic E-state index is 0.00941. The van der Waals surface area contributed by atoms with E-state index in [-0.39, 0.29) is 11.8 Å². The molecule has 1 aliphatic heterocycles. The van der Waals surface area contributed by atoms with Gasteiger partial charge in [-0.25, -0.2) is 0 Å². The monoisotopic (exact) mass is 206 g/mol. The summed E-state index contributed by atoms with van der Waals surface area (Å²) < 4.78 is 5.13. The van der Waals surface area contributed by atoms with Crippen LogP contribution in [0.2, 0.25) is 0 Å². The highest BCUT2D eigenvalue weighted by Crippen LogP contribution is 2.28. The van der Waals surface area contributed by atoms with Gasteiger partial charge in [0.05, 0.1) is 13.0 Å². The van der Waals surface area contributed by atoms with Crippen LogP contribution in [-0.4, -0.2) is 19.6 Å². The molecule has 3 N–H and O–H groups in total. The summed E-state index contributed by atoms with van der Waals surface area (Å²) in [6.07, 6.45) is 0.689. The quantitative estimate of drug-likeness (QED) is 0.751. The van der Waals surface area contributed by atoms with Gasteiger partial charge in [0.15, 0.2) is 0 Å². The number of rotatable bonds is 2. The third kappa shape index (κ3) is 1.80. The van der Waals surface area contributed by atoms with Crippen LogP contribution in [0.25, 0.3) is 0 Å². The number of anilines is 1. The van der Waals surface area contributed by atoms with Crippen LogP contribution in [0.15, 0.2) is 18.2 Å². The minimum atomic E-state index is -0.121. The average Bonchev–Trinajstić information content (AvgIpc) is 2.27. The Labute approximate surface area is 88.4 Å². The lowest BCUT2D eigenvalue weighted by molar-refractivity contribution is -0.119. The number of methoxy groups -OCH3 is 1. The number of ether oxygens (including phenoxy) is 1. The predicted octanol–water partition coefficient (Wildman–Crippen LogP) is 0.765. The van der Waals surface area contributed by atoms with E-state index in [2.05, 4.69) is 5.32 Å². The Bertz CT molecular complexity index is 390. The van der Waals surface area contributed by atoms with Gasteiger partial charge in [0.25, 0.3) is 0 Å². The van der Waals surface area contributed by atoms with E-state index in [0.717, 1.165) is 17.0 Å². The number of nitrogens with one attached hydrogen (secondary N) is 1. The van der Waals surface area contributed by atoms with Crippen molar-refractivity contribution >= 4 is 11.6 Å². The van der Waals surface area contributed by atoms with Gasteiger partial charge in [-0.3, -0.25) is 4.79 Å². The molecule has 1 aromatic carbocycles. The number of fused-ring (bicyclic) bond motifs is 1. The van der Waals surface area contributed by atoms with Gasteiger partial charge in [0, 0.05) is 12.2 Å². The minimum Gasteiger partial charge on any atom is -0.497 e. The van der Waals surface area contributed by atoms with Crippen molar-refractivity contribution in [1.29, 1.82) is 0 Å². The third-order valence-corrected chi connectivity index (χ3v) is 2.69. The van der Waals surface area contributed by atoms with Crippen molar-refractivity contribution < 1.29 is 9.53 Å². The third-order valence-electron chi connectivity index (χ3n) is 2.69. The van der Waals surface area contributed by atoms with Crippen molar-refractivity contribution in [3.05, 3.63) is 23.8 Å². The fraction of sp³-hybridized carbons (Fsp3) is 0.364. The SMILES string of the molecule is COc1ccc2c(c1)C[C@@H](CN)C(=O)N2. The van der Waals surface area contributed by atoms with Crippen LogP contribution in [-0.2, 0) is 11.2 Å². The second kappa shape index (κ2) is 3.90. The predicted molar refractivity (Wildman–Crippen MR) is 57.9 cm³/mol. The topological polar surface area (TPSA) is 64.3 Å². The first-order chi connectivity index (χ1) is 7.24. The smallest absolute Gasteiger partial charge is 0.229 e. The number of benzene rings is 1. The van der Waals surface area contributed by atoms with Gasteiger partial charge in [-0.05, 0) is 30.2 Å². The van der Waals surface area contributed by atoms with Crippen molar-refractivity contribution in [1.82, 2.24) is 0 Å². The van der Waals surface area contributed by atoms with Crippen LogP contribution in [0, 0.1) is 5.92 Å². The summed E-state index contributed by atoms with van der Waals surface area (Å²) in [4.78, 5) is 11.5. The molecule has 4 nitrogen and oxygen atoms in total. The van der Waals surface area contributed by atoms with Gasteiger partial charge in [-0.1, -0.05) is 0 Å². The second-order valence-corrected chi connectivity index (χ2v) is 3.65. The summed E-state index contributed by atoms with van der Waals surface area (Å²) in [6.45, 7) is 0.377. The van der Waals surface area contributed by atoms with Gasteiger partial charge < -0.3 is 15.8 Å². The van der Waals surface area contributed by atoms with E-state index in [1.54, 1.807) is 7.11 Å². The molecule has 0 saturated carbocycles. The molecule has 1 amide bonds. The van der Waals surface area contributed by atoms with Crippen LogP contribution in [0.4, 0.5) is 5.69 Å². The molecule has 0 aliphatic carbocycles. The first kappa shape index (κ1) is 9.98. The van der Waals surface area contributed by atoms with Crippen LogP contribution in [0.3, 0.4) is 0 Å². The van der Waals surface area contributed by atoms with Gasteiger partial charge in [0.2, 0.25) is 5.91 Å². The van der Waals surface area contributed by atoms with Crippen LogP contribution in [0.5, 0.6) is 5.75 Å². The average molecular weight is 206 g/mol. The van der Waals surface area contributed by atoms with E-state index in [4.69, 9.17) is 10.5 Å². The Morgan fingerprint density at radius 2 is 2.40 bits per heavy atom. The summed E-state index contributed by atoms with van der Waals surface area (Å²) in [5, 5.41) is 2.84. The van der Waals surface area contributed by atoms with E-state index in [1.807, 2.05) is 18.2 Å². The summed E-state index contributed by atoms with van der Waals surface area (Å²) in [5.41, 5.74) is 7.48. The molecule has 0 fully saturated rings. The summed E-state index contributed by atoms with van der Waals surface area (Å²) in [5.74, 6) is 0.695. The molecule has 1 aromatic rings. The normalized spacial score (nSPS) is 19.3. The number of carbonyl (C=O) groups is 1. The highest BCUT2D eigenvalue weighted by atomic mass is 16.5. The number of nitrogens with two attached hydrogens (primary N) is 1. The van der Waals surface area contributed by atoms with Crippen LogP contribution < -0.4 is 15.8 Å². The van der Waals surface area contributed by atoms with E-state index >= 15 is 0 Å². The number of carbonyl (C=O) groups excluding carboxylic acids is 1. The standard InChI is InChI=1S/C11H14N2O2/c1-15-9-2-3-10-7(5-9)4-8(6-12)11(14)13-10/h2-3,5,8H,4,6,12H2,1H3,(H,13,14)/t8-/m0/s1. The number of amides is 1. The van der Waals surface area contributed by atoms with Crippen molar-refractivity contribution in [3.63, 3.8) is 0 Å². The van der Waals surface area contributed by atoms with Gasteiger partial charge in [0.1, 0.15) is 5.75 Å². The first-order valence-electron chi connectivity index (χ1n) is 4.92. The Kier molecular flexibility index (Phi) is 2.60. The van der Waals surface area contributed by atoms with Crippen molar-refractivity contribution in [2.75, 3.05) is 19.0 Å². The maximum atomic E-state index is 11.5. The van der Waals surface area contributed by atoms with Crippen molar-refractivity contribution in [2.45, 2.75) is 6.42 Å². The highest BCUT2D eigenvalue weighted by Gasteiger charge is 2.24. The van der Waals surface area contributed by atoms with E-state index in [9.17, 15) is 4.79 Å². The molecule has 1 heterocycles. The fourth-order valence-electron chi connectivity index (χ4n) is 1.77. The molecular formula is C11H14N2O2. The maximum Gasteiger partial charge on any atom is 0.229 e. The molecule has 1 atom stereocenters. The molecule has 0 saturated heterocycles. The first-order valence-corrected chi connectivity index (χ1v) is 4.92. The van der Waals surface area contributed by atoms with Crippen molar-refractivity contribution in [2.24, 2.45) is 11.7 Å². The second-order valence-electron chi connectivity index (χ2n) is 3.65. The zero-order chi connectivity index (χ0) is 10.8. The lowest BCUT2D eigenvalue weighted by Crippen LogP contribution is -2.34. The molecule has 15 heavy (non-hydrogen) atoms. The van der Waals surface area contributed by atoms with E-state index < -0.39 is 0 Å². The van der Waals surface area contributed by atoms with Crippen LogP contribution in [0.1, 0.15) is 5.56 Å². The summed E-state index contributed by atoms with van der Waals surface area (Å²) >= 11 is 0. The Morgan fingerprint density at radius 1 is 1.60 bits per heavy atom.